The second kappa shape index (κ2) is 16.3. The van der Waals surface area contributed by atoms with E-state index in [1.54, 1.807) is 0 Å². The number of hydrogen-bond acceptors (Lipinski definition) is 3. The Kier molecular flexibility index (Phi) is 17.4. The van der Waals surface area contributed by atoms with Crippen LogP contribution < -0.4 is 5.32 Å². The quantitative estimate of drug-likeness (QED) is 0.221. The molecule has 7 heteroatoms. The molecule has 0 aromatic heterocycles. The van der Waals surface area contributed by atoms with Crippen molar-refractivity contribution in [3.05, 3.63) is 0 Å². The topological polar surface area (TPSA) is 93.5 Å². The molecular weight excluding hydrogens is 305 g/mol. The second-order valence-corrected chi connectivity index (χ2v) is 5.73. The normalized spacial score (nSPS) is 9.83. The Labute approximate surface area is 162 Å². The van der Waals surface area contributed by atoms with Crippen LogP contribution in [0, 0.1) is 5.41 Å². The van der Waals surface area contributed by atoms with Gasteiger partial charge in [-0.3, -0.25) is 20.3 Å². The van der Waals surface area contributed by atoms with E-state index >= 15 is 0 Å². The molecule has 1 amide bonds. The van der Waals surface area contributed by atoms with Crippen LogP contribution in [0.2, 0.25) is 0 Å². The summed E-state index contributed by atoms with van der Waals surface area (Å²) >= 11 is 0. The van der Waals surface area contributed by atoms with Gasteiger partial charge in [0.15, 0.2) is 5.96 Å². The van der Waals surface area contributed by atoms with Crippen LogP contribution in [-0.4, -0.2) is 71.0 Å². The average molecular weight is 336 g/mol. The van der Waals surface area contributed by atoms with Crippen LogP contribution in [0.3, 0.4) is 0 Å². The van der Waals surface area contributed by atoms with E-state index in [9.17, 15) is 9.59 Å². The monoisotopic (exact) mass is 336 g/mol. The Bertz CT molecular complexity index is 351. The molecule has 1 radical (unpaired) electrons. The maximum absolute atomic E-state index is 11.6. The SMILES string of the molecule is CCCCCCCCCCCC(=O)NC(=N)N(C)CC(=O)O.[Na]. The van der Waals surface area contributed by atoms with Crippen molar-refractivity contribution in [2.24, 2.45) is 0 Å². The van der Waals surface area contributed by atoms with Gasteiger partial charge in [-0.15, -0.1) is 0 Å². The number of carbonyl (C=O) groups is 2. The van der Waals surface area contributed by atoms with Gasteiger partial charge in [0.2, 0.25) is 5.91 Å². The molecule has 0 aromatic rings. The van der Waals surface area contributed by atoms with E-state index in [2.05, 4.69) is 12.2 Å². The molecular formula is C16H31N3NaO3. The first-order chi connectivity index (χ1) is 10.5. The number of likely N-dealkylation sites (N-methyl/N-ethyl adjacent to an activating group) is 1. The Balaban J connectivity index is 0. The van der Waals surface area contributed by atoms with Crippen LogP contribution in [0.1, 0.15) is 71.1 Å². The maximum Gasteiger partial charge on any atom is 0.323 e. The predicted octanol–water partition coefficient (Wildman–Crippen LogP) is 2.59. The van der Waals surface area contributed by atoms with Crippen molar-refractivity contribution in [3.63, 3.8) is 0 Å². The van der Waals surface area contributed by atoms with Gasteiger partial charge in [-0.05, 0) is 6.42 Å². The number of aliphatic carboxylic acids is 1. The van der Waals surface area contributed by atoms with Gasteiger partial charge >= 0.3 is 5.97 Å². The van der Waals surface area contributed by atoms with Gasteiger partial charge in [-0.25, -0.2) is 0 Å². The number of guanidine groups is 1. The number of nitrogens with one attached hydrogen (secondary N) is 2. The van der Waals surface area contributed by atoms with E-state index in [1.165, 1.54) is 50.5 Å². The third kappa shape index (κ3) is 16.1. The van der Waals surface area contributed by atoms with Crippen LogP contribution in [0.4, 0.5) is 0 Å². The van der Waals surface area contributed by atoms with Gasteiger partial charge in [0.05, 0.1) is 0 Å². The maximum atomic E-state index is 11.6. The fraction of sp³-hybridized carbons (Fsp3) is 0.812. The fourth-order valence-electron chi connectivity index (χ4n) is 2.17. The largest absolute Gasteiger partial charge is 0.480 e. The number of hydrogen-bond donors (Lipinski definition) is 3. The third-order valence-electron chi connectivity index (χ3n) is 3.52. The first-order valence-corrected chi connectivity index (χ1v) is 8.28. The van der Waals surface area contributed by atoms with E-state index in [4.69, 9.17) is 10.5 Å². The van der Waals surface area contributed by atoms with Crippen molar-refractivity contribution < 1.29 is 14.7 Å². The molecule has 129 valence electrons. The molecule has 0 rings (SSSR count). The minimum atomic E-state index is -1.03. The van der Waals surface area contributed by atoms with Crippen LogP contribution in [-0.2, 0) is 9.59 Å². The number of carbonyl (C=O) groups excluding carboxylic acids is 1. The third-order valence-corrected chi connectivity index (χ3v) is 3.52. The number of carboxylic acid groups (broad SMARTS) is 1. The number of carboxylic acids is 1. The zero-order valence-corrected chi connectivity index (χ0v) is 17.0. The molecule has 0 spiro atoms. The van der Waals surface area contributed by atoms with Crippen molar-refractivity contribution in [2.45, 2.75) is 71.1 Å². The Morgan fingerprint density at radius 3 is 1.96 bits per heavy atom. The molecule has 6 nitrogen and oxygen atoms in total. The fourth-order valence-corrected chi connectivity index (χ4v) is 2.17. The summed E-state index contributed by atoms with van der Waals surface area (Å²) in [4.78, 5) is 23.3. The summed E-state index contributed by atoms with van der Waals surface area (Å²) in [6.45, 7) is 1.92. The average Bonchev–Trinajstić information content (AvgIpc) is 2.44. The zero-order chi connectivity index (χ0) is 16.8. The van der Waals surface area contributed by atoms with E-state index < -0.39 is 5.97 Å². The van der Waals surface area contributed by atoms with E-state index in [0.29, 0.717) is 6.42 Å². The van der Waals surface area contributed by atoms with E-state index in [0.717, 1.165) is 19.3 Å². The van der Waals surface area contributed by atoms with Crippen molar-refractivity contribution >= 4 is 47.4 Å². The van der Waals surface area contributed by atoms with Crippen LogP contribution >= 0.6 is 0 Å². The Morgan fingerprint density at radius 1 is 1.00 bits per heavy atom. The Morgan fingerprint density at radius 2 is 1.48 bits per heavy atom. The molecule has 0 unspecified atom stereocenters. The molecule has 0 saturated heterocycles. The van der Waals surface area contributed by atoms with Crippen LogP contribution in [0.5, 0.6) is 0 Å². The zero-order valence-electron chi connectivity index (χ0n) is 15.0. The van der Waals surface area contributed by atoms with Gasteiger partial charge < -0.3 is 10.0 Å². The summed E-state index contributed by atoms with van der Waals surface area (Å²) in [7, 11) is 1.47. The molecule has 0 bridgehead atoms. The number of rotatable bonds is 12. The van der Waals surface area contributed by atoms with E-state index in [1.807, 2.05) is 0 Å². The van der Waals surface area contributed by atoms with Gasteiger partial charge in [0.1, 0.15) is 6.54 Å². The standard InChI is InChI=1S/C16H31N3O3.Na/c1-3-4-5-6-7-8-9-10-11-12-14(20)18-16(17)19(2)13-15(21)22;/h3-13H2,1-2H3,(H,21,22)(H2,17,18,20);. The van der Waals surface area contributed by atoms with Crippen molar-refractivity contribution in [1.82, 2.24) is 10.2 Å². The van der Waals surface area contributed by atoms with Crippen molar-refractivity contribution in [3.8, 4) is 0 Å². The summed E-state index contributed by atoms with van der Waals surface area (Å²) in [6, 6.07) is 0. The smallest absolute Gasteiger partial charge is 0.323 e. The van der Waals surface area contributed by atoms with Gasteiger partial charge in [-0.2, -0.15) is 0 Å². The van der Waals surface area contributed by atoms with E-state index in [-0.39, 0.29) is 48.0 Å². The molecule has 0 aliphatic heterocycles. The first kappa shape index (κ1) is 24.7. The molecule has 0 fully saturated rings. The Hall–Kier alpha value is -0.590. The molecule has 23 heavy (non-hydrogen) atoms. The summed E-state index contributed by atoms with van der Waals surface area (Å²) in [6.07, 6.45) is 11.1. The first-order valence-electron chi connectivity index (χ1n) is 8.28. The molecule has 0 atom stereocenters. The molecule has 0 aliphatic rings. The molecule has 0 aromatic carbocycles. The molecule has 0 aliphatic carbocycles. The van der Waals surface area contributed by atoms with Crippen LogP contribution in [0.15, 0.2) is 0 Å². The summed E-state index contributed by atoms with van der Waals surface area (Å²) < 4.78 is 0. The summed E-state index contributed by atoms with van der Waals surface area (Å²) in [5.41, 5.74) is 0. The van der Waals surface area contributed by atoms with Gasteiger partial charge in [0, 0.05) is 43.0 Å². The molecule has 3 N–H and O–H groups in total. The minimum Gasteiger partial charge on any atom is -0.480 e. The van der Waals surface area contributed by atoms with Crippen LogP contribution in [0.25, 0.3) is 0 Å². The summed E-state index contributed by atoms with van der Waals surface area (Å²) in [5.74, 6) is -1.41. The molecule has 0 saturated carbocycles. The van der Waals surface area contributed by atoms with Crippen molar-refractivity contribution in [2.75, 3.05) is 13.6 Å². The molecule has 0 heterocycles. The number of nitrogens with zero attached hydrogens (tertiary/aromatic N) is 1. The van der Waals surface area contributed by atoms with Gasteiger partial charge in [0.25, 0.3) is 0 Å². The minimum absolute atomic E-state index is 0. The predicted molar refractivity (Wildman–Crippen MR) is 93.7 cm³/mol. The number of amides is 1. The summed E-state index contributed by atoms with van der Waals surface area (Å²) in [5, 5.41) is 18.6. The second-order valence-electron chi connectivity index (χ2n) is 5.73. The number of unbranched alkanes of at least 4 members (excludes halogenated alkanes) is 8. The van der Waals surface area contributed by atoms with Crippen molar-refractivity contribution in [1.29, 1.82) is 5.41 Å². The van der Waals surface area contributed by atoms with Gasteiger partial charge in [-0.1, -0.05) is 58.3 Å².